The fourth-order valence-electron chi connectivity index (χ4n) is 1.18. The molecule has 0 radical (unpaired) electrons. The molecule has 0 saturated carbocycles. The molecule has 13 heavy (non-hydrogen) atoms. The average molecular weight is 214 g/mol. The van der Waals surface area contributed by atoms with Gasteiger partial charge >= 0.3 is 0 Å². The second-order valence-electron chi connectivity index (χ2n) is 2.58. The Bertz CT molecular complexity index is 426. The first-order valence-corrected chi connectivity index (χ1v) is 5.59. The summed E-state index contributed by atoms with van der Waals surface area (Å²) in [5, 5.41) is 0.688. The van der Waals surface area contributed by atoms with E-state index < -0.39 is 0 Å². The van der Waals surface area contributed by atoms with Gasteiger partial charge in [0.25, 0.3) is 5.22 Å². The fourth-order valence-corrected chi connectivity index (χ4v) is 1.74. The summed E-state index contributed by atoms with van der Waals surface area (Å²) < 4.78 is 5.51. The lowest BCUT2D eigenvalue weighted by Crippen LogP contribution is -1.77. The molecule has 2 nitrogen and oxygen atoms in total. The highest BCUT2D eigenvalue weighted by Gasteiger charge is 2.07. The number of oxazole rings is 1. The second kappa shape index (κ2) is 3.60. The van der Waals surface area contributed by atoms with E-state index in [4.69, 9.17) is 16.0 Å². The van der Waals surface area contributed by atoms with Gasteiger partial charge < -0.3 is 4.42 Å². The molecule has 1 aromatic heterocycles. The van der Waals surface area contributed by atoms with Crippen LogP contribution in [-0.2, 0) is 5.88 Å². The molecular weight excluding hydrogens is 206 g/mol. The Morgan fingerprint density at radius 3 is 3.08 bits per heavy atom. The number of fused-ring (bicyclic) bond motifs is 1. The van der Waals surface area contributed by atoms with Crippen LogP contribution < -0.4 is 0 Å². The number of para-hydroxylation sites is 1. The topological polar surface area (TPSA) is 26.0 Å². The van der Waals surface area contributed by atoms with Crippen LogP contribution in [0.4, 0.5) is 0 Å². The lowest BCUT2D eigenvalue weighted by Gasteiger charge is -1.93. The molecule has 0 amide bonds. The lowest BCUT2D eigenvalue weighted by atomic mass is 10.2. The monoisotopic (exact) mass is 213 g/mol. The SMILES string of the molecule is CSc1nc2cccc(CCl)c2o1. The van der Waals surface area contributed by atoms with Gasteiger partial charge in [-0.15, -0.1) is 11.6 Å². The summed E-state index contributed by atoms with van der Waals surface area (Å²) in [7, 11) is 0. The van der Waals surface area contributed by atoms with Crippen LogP contribution in [0.2, 0.25) is 0 Å². The molecular formula is C9H8ClNOS. The van der Waals surface area contributed by atoms with Crippen LogP contribution in [0.5, 0.6) is 0 Å². The van der Waals surface area contributed by atoms with Gasteiger partial charge in [0.15, 0.2) is 5.58 Å². The number of rotatable bonds is 2. The Hall–Kier alpha value is -0.670. The van der Waals surface area contributed by atoms with Gasteiger partial charge in [-0.1, -0.05) is 23.9 Å². The minimum Gasteiger partial charge on any atom is -0.431 e. The van der Waals surface area contributed by atoms with Gasteiger partial charge in [-0.25, -0.2) is 4.98 Å². The Balaban J connectivity index is 2.67. The maximum absolute atomic E-state index is 5.76. The van der Waals surface area contributed by atoms with E-state index >= 15 is 0 Å². The molecule has 2 rings (SSSR count). The van der Waals surface area contributed by atoms with Crippen molar-refractivity contribution in [1.82, 2.24) is 4.98 Å². The number of alkyl halides is 1. The first-order valence-electron chi connectivity index (χ1n) is 3.83. The molecule has 2 aromatic rings. The Labute approximate surface area is 85.3 Å². The third-order valence-corrected chi connectivity index (χ3v) is 2.61. The van der Waals surface area contributed by atoms with Crippen molar-refractivity contribution in [2.45, 2.75) is 11.1 Å². The van der Waals surface area contributed by atoms with Crippen LogP contribution in [-0.4, -0.2) is 11.2 Å². The zero-order valence-corrected chi connectivity index (χ0v) is 8.65. The van der Waals surface area contributed by atoms with Crippen molar-refractivity contribution in [2.75, 3.05) is 6.26 Å². The summed E-state index contributed by atoms with van der Waals surface area (Å²) in [4.78, 5) is 4.28. The van der Waals surface area contributed by atoms with E-state index in [0.29, 0.717) is 11.1 Å². The number of thioether (sulfide) groups is 1. The van der Waals surface area contributed by atoms with Gasteiger partial charge in [0.2, 0.25) is 0 Å². The highest BCUT2D eigenvalue weighted by molar-refractivity contribution is 7.98. The van der Waals surface area contributed by atoms with Crippen LogP contribution in [0.25, 0.3) is 11.1 Å². The van der Waals surface area contributed by atoms with Crippen LogP contribution in [0.15, 0.2) is 27.8 Å². The van der Waals surface area contributed by atoms with Crippen LogP contribution in [0.1, 0.15) is 5.56 Å². The zero-order valence-electron chi connectivity index (χ0n) is 7.08. The highest BCUT2D eigenvalue weighted by atomic mass is 35.5. The maximum Gasteiger partial charge on any atom is 0.256 e. The number of nitrogens with zero attached hydrogens (tertiary/aromatic N) is 1. The molecule has 0 atom stereocenters. The molecule has 0 bridgehead atoms. The van der Waals surface area contributed by atoms with E-state index in [9.17, 15) is 0 Å². The van der Waals surface area contributed by atoms with Crippen molar-refractivity contribution in [3.63, 3.8) is 0 Å². The van der Waals surface area contributed by atoms with Gasteiger partial charge in [-0.3, -0.25) is 0 Å². The summed E-state index contributed by atoms with van der Waals surface area (Å²) >= 11 is 7.26. The van der Waals surface area contributed by atoms with Crippen LogP contribution in [0.3, 0.4) is 0 Å². The largest absolute Gasteiger partial charge is 0.431 e. The minimum absolute atomic E-state index is 0.459. The molecule has 1 heterocycles. The van der Waals surface area contributed by atoms with Crippen molar-refractivity contribution in [2.24, 2.45) is 0 Å². The van der Waals surface area contributed by atoms with E-state index in [1.165, 1.54) is 11.8 Å². The van der Waals surface area contributed by atoms with E-state index in [0.717, 1.165) is 16.7 Å². The molecule has 0 aliphatic heterocycles. The summed E-state index contributed by atoms with van der Waals surface area (Å²) in [6, 6.07) is 5.81. The van der Waals surface area contributed by atoms with Crippen molar-refractivity contribution >= 4 is 34.5 Å². The van der Waals surface area contributed by atoms with E-state index in [1.807, 2.05) is 24.5 Å². The summed E-state index contributed by atoms with van der Waals surface area (Å²) in [6.45, 7) is 0. The standard InChI is InChI=1S/C9H8ClNOS/c1-13-9-11-7-4-2-3-6(5-10)8(7)12-9/h2-4H,5H2,1H3. The molecule has 0 unspecified atom stereocenters. The predicted molar refractivity (Wildman–Crippen MR) is 55.3 cm³/mol. The molecule has 0 aliphatic carbocycles. The van der Waals surface area contributed by atoms with Crippen molar-refractivity contribution < 1.29 is 4.42 Å². The number of hydrogen-bond donors (Lipinski definition) is 0. The highest BCUT2D eigenvalue weighted by Crippen LogP contribution is 2.25. The Morgan fingerprint density at radius 2 is 2.38 bits per heavy atom. The molecule has 0 N–H and O–H groups in total. The minimum atomic E-state index is 0.459. The first kappa shape index (κ1) is 8.91. The number of halogens is 1. The quantitative estimate of drug-likeness (QED) is 0.566. The smallest absolute Gasteiger partial charge is 0.256 e. The molecule has 4 heteroatoms. The van der Waals surface area contributed by atoms with Gasteiger partial charge in [-0.2, -0.15) is 0 Å². The Morgan fingerprint density at radius 1 is 1.54 bits per heavy atom. The van der Waals surface area contributed by atoms with E-state index in [2.05, 4.69) is 4.98 Å². The summed E-state index contributed by atoms with van der Waals surface area (Å²) in [5.41, 5.74) is 2.68. The van der Waals surface area contributed by atoms with Crippen molar-refractivity contribution in [3.8, 4) is 0 Å². The number of benzene rings is 1. The van der Waals surface area contributed by atoms with Crippen molar-refractivity contribution in [3.05, 3.63) is 23.8 Å². The van der Waals surface area contributed by atoms with Gasteiger partial charge in [0, 0.05) is 5.56 Å². The summed E-state index contributed by atoms with van der Waals surface area (Å²) in [5.74, 6) is 0.459. The fraction of sp³-hybridized carbons (Fsp3) is 0.222. The van der Waals surface area contributed by atoms with Gasteiger partial charge in [-0.05, 0) is 12.3 Å². The second-order valence-corrected chi connectivity index (χ2v) is 3.61. The summed E-state index contributed by atoms with van der Waals surface area (Å²) in [6.07, 6.45) is 1.94. The van der Waals surface area contributed by atoms with Gasteiger partial charge in [0.05, 0.1) is 5.88 Å². The molecule has 0 fully saturated rings. The van der Waals surface area contributed by atoms with Gasteiger partial charge in [0.1, 0.15) is 5.52 Å². The first-order chi connectivity index (χ1) is 6.35. The number of aromatic nitrogens is 1. The Kier molecular flexibility index (Phi) is 2.47. The predicted octanol–water partition coefficient (Wildman–Crippen LogP) is 3.29. The third-order valence-electron chi connectivity index (χ3n) is 1.80. The molecule has 0 saturated heterocycles. The molecule has 0 spiro atoms. The average Bonchev–Trinajstić information content (AvgIpc) is 2.59. The molecule has 0 aliphatic rings. The van der Waals surface area contributed by atoms with E-state index in [1.54, 1.807) is 0 Å². The maximum atomic E-state index is 5.76. The zero-order chi connectivity index (χ0) is 9.26. The third kappa shape index (κ3) is 1.54. The normalized spacial score (nSPS) is 10.9. The molecule has 1 aromatic carbocycles. The van der Waals surface area contributed by atoms with Crippen LogP contribution >= 0.6 is 23.4 Å². The van der Waals surface area contributed by atoms with Crippen LogP contribution in [0, 0.1) is 0 Å². The number of hydrogen-bond acceptors (Lipinski definition) is 3. The molecule has 68 valence electrons. The lowest BCUT2D eigenvalue weighted by molar-refractivity contribution is 0.488. The van der Waals surface area contributed by atoms with Crippen molar-refractivity contribution in [1.29, 1.82) is 0 Å². The van der Waals surface area contributed by atoms with E-state index in [-0.39, 0.29) is 0 Å².